The van der Waals surface area contributed by atoms with E-state index in [1.807, 2.05) is 0 Å². The lowest BCUT2D eigenvalue weighted by Gasteiger charge is -2.24. The van der Waals surface area contributed by atoms with Crippen molar-refractivity contribution < 1.29 is 13.6 Å². The van der Waals surface area contributed by atoms with Gasteiger partial charge in [0.1, 0.15) is 11.6 Å². The van der Waals surface area contributed by atoms with Crippen LogP contribution in [0.3, 0.4) is 0 Å². The first-order valence-electron chi connectivity index (χ1n) is 5.29. The second-order valence-corrected chi connectivity index (χ2v) is 4.55. The van der Waals surface area contributed by atoms with Gasteiger partial charge in [0.2, 0.25) is 5.91 Å². The van der Waals surface area contributed by atoms with E-state index >= 15 is 0 Å². The lowest BCUT2D eigenvalue weighted by Crippen LogP contribution is -2.49. The van der Waals surface area contributed by atoms with Crippen molar-refractivity contribution in [2.75, 3.05) is 6.54 Å². The third-order valence-electron chi connectivity index (χ3n) is 2.35. The number of hydrogen-bond acceptors (Lipinski definition) is 2. The monoisotopic (exact) mass is 278 g/mol. The van der Waals surface area contributed by atoms with Crippen LogP contribution in [-0.2, 0) is 11.2 Å². The fourth-order valence-electron chi connectivity index (χ4n) is 1.32. The van der Waals surface area contributed by atoms with E-state index < -0.39 is 17.2 Å². The van der Waals surface area contributed by atoms with E-state index in [4.69, 9.17) is 5.73 Å². The minimum atomic E-state index is -0.591. The largest absolute Gasteiger partial charge is 0.350 e. The fourth-order valence-corrected chi connectivity index (χ4v) is 1.32. The van der Waals surface area contributed by atoms with Crippen LogP contribution in [0.5, 0.6) is 0 Å². The molecule has 1 rings (SSSR count). The number of halogens is 3. The van der Waals surface area contributed by atoms with Gasteiger partial charge in [-0.3, -0.25) is 4.79 Å². The summed E-state index contributed by atoms with van der Waals surface area (Å²) < 4.78 is 26.2. The molecule has 0 radical (unpaired) electrons. The van der Waals surface area contributed by atoms with Crippen LogP contribution in [0.15, 0.2) is 18.2 Å². The van der Waals surface area contributed by atoms with Gasteiger partial charge in [-0.05, 0) is 32.0 Å². The first kappa shape index (κ1) is 16.8. The van der Waals surface area contributed by atoms with E-state index in [1.165, 1.54) is 0 Å². The zero-order chi connectivity index (χ0) is 13.1. The zero-order valence-electron chi connectivity index (χ0n) is 10.3. The zero-order valence-corrected chi connectivity index (χ0v) is 11.1. The Morgan fingerprint density at radius 1 is 1.39 bits per heavy atom. The lowest BCUT2D eigenvalue weighted by atomic mass is 10.0. The highest BCUT2D eigenvalue weighted by Gasteiger charge is 2.19. The van der Waals surface area contributed by atoms with Gasteiger partial charge >= 0.3 is 0 Å². The molecule has 0 bridgehead atoms. The van der Waals surface area contributed by atoms with E-state index in [1.54, 1.807) is 13.8 Å². The Bertz CT molecular complexity index is 425. The Balaban J connectivity index is 0.00000289. The molecule has 0 saturated carbocycles. The molecule has 0 fully saturated rings. The Kier molecular flexibility index (Phi) is 6.21. The predicted molar refractivity (Wildman–Crippen MR) is 68.6 cm³/mol. The molecule has 0 saturated heterocycles. The van der Waals surface area contributed by atoms with Gasteiger partial charge in [0.15, 0.2) is 0 Å². The third-order valence-corrected chi connectivity index (χ3v) is 2.35. The van der Waals surface area contributed by atoms with Crippen LogP contribution in [-0.4, -0.2) is 18.0 Å². The number of benzene rings is 1. The highest BCUT2D eigenvalue weighted by Crippen LogP contribution is 2.11. The number of carbonyl (C=O) groups is 1. The Morgan fingerprint density at radius 2 is 2.00 bits per heavy atom. The van der Waals surface area contributed by atoms with Gasteiger partial charge in [-0.1, -0.05) is 0 Å². The fraction of sp³-hybridized carbons (Fsp3) is 0.417. The topological polar surface area (TPSA) is 55.1 Å². The molecule has 3 nitrogen and oxygen atoms in total. The molecule has 1 aromatic rings. The highest BCUT2D eigenvalue weighted by atomic mass is 35.5. The van der Waals surface area contributed by atoms with Gasteiger partial charge in [0, 0.05) is 17.6 Å². The number of hydrogen-bond donors (Lipinski definition) is 2. The van der Waals surface area contributed by atoms with Gasteiger partial charge in [0.25, 0.3) is 0 Å². The SMILES string of the molecule is CC(C)(CN)NC(=O)Cc1cc(F)ccc1F.Cl. The molecule has 18 heavy (non-hydrogen) atoms. The Hall–Kier alpha value is -1.20. The maximum atomic E-state index is 13.3. The quantitative estimate of drug-likeness (QED) is 0.882. The van der Waals surface area contributed by atoms with Crippen LogP contribution >= 0.6 is 12.4 Å². The molecule has 0 aliphatic carbocycles. The molecule has 102 valence electrons. The average Bonchev–Trinajstić information content (AvgIpc) is 2.23. The third kappa shape index (κ3) is 4.98. The maximum absolute atomic E-state index is 13.3. The van der Waals surface area contributed by atoms with E-state index in [0.29, 0.717) is 0 Å². The molecule has 0 aliphatic rings. The van der Waals surface area contributed by atoms with Crippen molar-refractivity contribution in [3.05, 3.63) is 35.4 Å². The molecule has 0 aromatic heterocycles. The normalized spacial score (nSPS) is 10.7. The molecule has 6 heteroatoms. The lowest BCUT2D eigenvalue weighted by molar-refractivity contribution is -0.121. The van der Waals surface area contributed by atoms with Crippen LogP contribution in [0.25, 0.3) is 0 Å². The molecular formula is C12H17ClF2N2O. The second-order valence-electron chi connectivity index (χ2n) is 4.55. The molecule has 1 amide bonds. The van der Waals surface area contributed by atoms with Crippen molar-refractivity contribution >= 4 is 18.3 Å². The standard InChI is InChI=1S/C12H16F2N2O.ClH/c1-12(2,7-15)16-11(17)6-8-5-9(13)3-4-10(8)14;/h3-5H,6-7,15H2,1-2H3,(H,16,17);1H. The van der Waals surface area contributed by atoms with E-state index in [2.05, 4.69) is 5.32 Å². The van der Waals surface area contributed by atoms with Crippen molar-refractivity contribution in [2.45, 2.75) is 25.8 Å². The van der Waals surface area contributed by atoms with Crippen LogP contribution in [0.2, 0.25) is 0 Å². The highest BCUT2D eigenvalue weighted by molar-refractivity contribution is 5.85. The maximum Gasteiger partial charge on any atom is 0.224 e. The Labute approximate surface area is 111 Å². The van der Waals surface area contributed by atoms with Crippen LogP contribution in [0, 0.1) is 11.6 Å². The summed E-state index contributed by atoms with van der Waals surface area (Å²) in [4.78, 5) is 11.6. The number of carbonyl (C=O) groups excluding carboxylic acids is 1. The molecule has 0 spiro atoms. The second kappa shape index (κ2) is 6.66. The summed E-state index contributed by atoms with van der Waals surface area (Å²) in [6, 6.07) is 3.04. The molecule has 0 unspecified atom stereocenters. The minimum absolute atomic E-state index is 0. The summed E-state index contributed by atoms with van der Waals surface area (Å²) >= 11 is 0. The summed E-state index contributed by atoms with van der Waals surface area (Å²) in [5, 5.41) is 2.65. The number of nitrogens with two attached hydrogens (primary N) is 1. The number of rotatable bonds is 4. The summed E-state index contributed by atoms with van der Waals surface area (Å²) in [5.74, 6) is -1.54. The van der Waals surface area contributed by atoms with Gasteiger partial charge in [-0.15, -0.1) is 12.4 Å². The van der Waals surface area contributed by atoms with Crippen molar-refractivity contribution in [1.29, 1.82) is 0 Å². The summed E-state index contributed by atoms with van der Waals surface area (Å²) in [7, 11) is 0. The molecule has 0 atom stereocenters. The van der Waals surface area contributed by atoms with Crippen molar-refractivity contribution in [3.63, 3.8) is 0 Å². The van der Waals surface area contributed by atoms with Crippen molar-refractivity contribution in [2.24, 2.45) is 5.73 Å². The van der Waals surface area contributed by atoms with Gasteiger partial charge in [-0.25, -0.2) is 8.78 Å². The molecule has 0 heterocycles. The smallest absolute Gasteiger partial charge is 0.224 e. The van der Waals surface area contributed by atoms with E-state index in [0.717, 1.165) is 18.2 Å². The van der Waals surface area contributed by atoms with E-state index in [9.17, 15) is 13.6 Å². The van der Waals surface area contributed by atoms with Crippen molar-refractivity contribution in [1.82, 2.24) is 5.32 Å². The predicted octanol–water partition coefficient (Wildman–Crippen LogP) is 1.78. The van der Waals surface area contributed by atoms with Crippen molar-refractivity contribution in [3.8, 4) is 0 Å². The minimum Gasteiger partial charge on any atom is -0.350 e. The average molecular weight is 279 g/mol. The molecule has 3 N–H and O–H groups in total. The van der Waals surface area contributed by atoms with Crippen LogP contribution in [0.1, 0.15) is 19.4 Å². The van der Waals surface area contributed by atoms with E-state index in [-0.39, 0.29) is 36.8 Å². The first-order valence-corrected chi connectivity index (χ1v) is 5.29. The number of nitrogens with one attached hydrogen (secondary N) is 1. The molecule has 0 aliphatic heterocycles. The van der Waals surface area contributed by atoms with Gasteiger partial charge < -0.3 is 11.1 Å². The summed E-state index contributed by atoms with van der Waals surface area (Å²) in [6.07, 6.45) is -0.201. The molecular weight excluding hydrogens is 262 g/mol. The molecule has 1 aromatic carbocycles. The summed E-state index contributed by atoms with van der Waals surface area (Å²) in [5.41, 5.74) is 4.94. The number of amides is 1. The Morgan fingerprint density at radius 3 is 2.56 bits per heavy atom. The van der Waals surface area contributed by atoms with Crippen LogP contribution in [0.4, 0.5) is 8.78 Å². The summed E-state index contributed by atoms with van der Waals surface area (Å²) in [6.45, 7) is 3.78. The van der Waals surface area contributed by atoms with Gasteiger partial charge in [-0.2, -0.15) is 0 Å². The van der Waals surface area contributed by atoms with Crippen LogP contribution < -0.4 is 11.1 Å². The first-order chi connectivity index (χ1) is 7.84. The van der Waals surface area contributed by atoms with Gasteiger partial charge in [0.05, 0.1) is 6.42 Å².